The maximum absolute atomic E-state index is 11.0. The van der Waals surface area contributed by atoms with Crippen LogP contribution in [0.1, 0.15) is 39.5 Å². The Kier molecular flexibility index (Phi) is 4.39. The smallest absolute Gasteiger partial charge is 0.306 e. The van der Waals surface area contributed by atoms with Crippen molar-refractivity contribution in [1.29, 1.82) is 0 Å². The number of carboxylic acid groups (broad SMARTS) is 1. The van der Waals surface area contributed by atoms with Crippen molar-refractivity contribution >= 4 is 5.97 Å². The summed E-state index contributed by atoms with van der Waals surface area (Å²) in [6.07, 6.45) is 4.22. The Labute approximate surface area is 85.5 Å². The van der Waals surface area contributed by atoms with Crippen molar-refractivity contribution in [3.05, 3.63) is 0 Å². The van der Waals surface area contributed by atoms with Crippen LogP contribution in [0.3, 0.4) is 0 Å². The maximum Gasteiger partial charge on any atom is 0.306 e. The summed E-state index contributed by atoms with van der Waals surface area (Å²) in [4.78, 5) is 11.0. The van der Waals surface area contributed by atoms with Crippen LogP contribution in [0.4, 0.5) is 0 Å². The topological polar surface area (TPSA) is 46.5 Å². The number of carboxylic acids is 1. The van der Waals surface area contributed by atoms with Crippen molar-refractivity contribution in [2.24, 2.45) is 11.8 Å². The first-order chi connectivity index (χ1) is 6.61. The van der Waals surface area contributed by atoms with Crippen LogP contribution in [0.15, 0.2) is 0 Å². The first-order valence-corrected chi connectivity index (χ1v) is 5.45. The van der Waals surface area contributed by atoms with Crippen molar-refractivity contribution in [2.45, 2.75) is 45.6 Å². The molecular formula is C11H20O3. The molecule has 0 bridgehead atoms. The fraction of sp³-hybridized carbons (Fsp3) is 0.909. The van der Waals surface area contributed by atoms with Gasteiger partial charge in [0.05, 0.1) is 18.6 Å². The number of aliphatic carboxylic acids is 1. The number of hydrogen-bond acceptors (Lipinski definition) is 2. The quantitative estimate of drug-likeness (QED) is 0.757. The van der Waals surface area contributed by atoms with E-state index >= 15 is 0 Å². The van der Waals surface area contributed by atoms with Gasteiger partial charge >= 0.3 is 5.97 Å². The van der Waals surface area contributed by atoms with E-state index in [-0.39, 0.29) is 17.9 Å². The molecule has 1 fully saturated rings. The molecule has 1 rings (SSSR count). The molecule has 1 N–H and O–H groups in total. The van der Waals surface area contributed by atoms with Gasteiger partial charge in [-0.2, -0.15) is 0 Å². The van der Waals surface area contributed by atoms with E-state index in [1.54, 1.807) is 0 Å². The Hall–Kier alpha value is -0.570. The molecule has 82 valence electrons. The Morgan fingerprint density at radius 3 is 2.64 bits per heavy atom. The maximum atomic E-state index is 11.0. The molecule has 1 aliphatic rings. The predicted octanol–water partition coefficient (Wildman–Crippen LogP) is 2.30. The molecule has 1 saturated carbocycles. The second-order valence-corrected chi connectivity index (χ2v) is 4.37. The van der Waals surface area contributed by atoms with Crippen LogP contribution in [0, 0.1) is 11.8 Å². The Morgan fingerprint density at radius 2 is 2.07 bits per heavy atom. The van der Waals surface area contributed by atoms with Crippen LogP contribution >= 0.6 is 0 Å². The van der Waals surface area contributed by atoms with E-state index in [4.69, 9.17) is 9.84 Å². The van der Waals surface area contributed by atoms with Crippen molar-refractivity contribution in [2.75, 3.05) is 6.61 Å². The second kappa shape index (κ2) is 5.35. The minimum atomic E-state index is -0.651. The number of carbonyl (C=O) groups is 1. The van der Waals surface area contributed by atoms with Crippen LogP contribution < -0.4 is 0 Å². The number of rotatable bonds is 4. The lowest BCUT2D eigenvalue weighted by atomic mass is 9.80. The molecule has 14 heavy (non-hydrogen) atoms. The Morgan fingerprint density at radius 1 is 1.43 bits per heavy atom. The van der Waals surface area contributed by atoms with E-state index in [0.717, 1.165) is 25.7 Å². The van der Waals surface area contributed by atoms with E-state index in [1.165, 1.54) is 0 Å². The molecule has 0 amide bonds. The Bertz CT molecular complexity index is 189. The van der Waals surface area contributed by atoms with Gasteiger partial charge in [0.1, 0.15) is 0 Å². The highest BCUT2D eigenvalue weighted by Crippen LogP contribution is 2.30. The molecular weight excluding hydrogens is 180 g/mol. The average molecular weight is 200 g/mol. The second-order valence-electron chi connectivity index (χ2n) is 4.37. The van der Waals surface area contributed by atoms with Crippen LogP contribution in [-0.4, -0.2) is 23.8 Å². The molecule has 3 heteroatoms. The molecule has 0 aliphatic heterocycles. The molecule has 0 spiro atoms. The number of ether oxygens (including phenoxy) is 1. The fourth-order valence-electron chi connectivity index (χ4n) is 2.05. The molecule has 0 heterocycles. The van der Waals surface area contributed by atoms with Gasteiger partial charge in [0.2, 0.25) is 0 Å². The zero-order chi connectivity index (χ0) is 10.6. The average Bonchev–Trinajstić information content (AvgIpc) is 2.15. The third kappa shape index (κ3) is 3.29. The SMILES string of the molecule is CC(C)OCC1CCCCC1C(=O)O. The lowest BCUT2D eigenvalue weighted by molar-refractivity contribution is -0.146. The first-order valence-electron chi connectivity index (χ1n) is 5.45. The van der Waals surface area contributed by atoms with E-state index < -0.39 is 5.97 Å². The highest BCUT2D eigenvalue weighted by molar-refractivity contribution is 5.70. The summed E-state index contributed by atoms with van der Waals surface area (Å²) < 4.78 is 5.50. The molecule has 0 aromatic carbocycles. The molecule has 2 unspecified atom stereocenters. The molecule has 0 aromatic rings. The zero-order valence-corrected chi connectivity index (χ0v) is 9.03. The summed E-state index contributed by atoms with van der Waals surface area (Å²) in [6.45, 7) is 4.58. The lowest BCUT2D eigenvalue weighted by Crippen LogP contribution is -2.30. The summed E-state index contributed by atoms with van der Waals surface area (Å²) in [7, 11) is 0. The fourth-order valence-corrected chi connectivity index (χ4v) is 2.05. The van der Waals surface area contributed by atoms with Gasteiger partial charge in [-0.15, -0.1) is 0 Å². The normalized spacial score (nSPS) is 27.9. The van der Waals surface area contributed by atoms with E-state index in [0.29, 0.717) is 6.61 Å². The van der Waals surface area contributed by atoms with Gasteiger partial charge in [-0.1, -0.05) is 12.8 Å². The lowest BCUT2D eigenvalue weighted by Gasteiger charge is -2.28. The van der Waals surface area contributed by atoms with Crippen molar-refractivity contribution in [1.82, 2.24) is 0 Å². The minimum Gasteiger partial charge on any atom is -0.481 e. The summed E-state index contributed by atoms with van der Waals surface area (Å²) in [5.41, 5.74) is 0. The van der Waals surface area contributed by atoms with E-state index in [9.17, 15) is 4.79 Å². The monoisotopic (exact) mass is 200 g/mol. The molecule has 3 nitrogen and oxygen atoms in total. The molecule has 0 aromatic heterocycles. The minimum absolute atomic E-state index is 0.178. The third-order valence-electron chi connectivity index (χ3n) is 2.87. The van der Waals surface area contributed by atoms with Crippen molar-refractivity contribution in [3.63, 3.8) is 0 Å². The summed E-state index contributed by atoms with van der Waals surface area (Å²) in [5.74, 6) is -0.604. The summed E-state index contributed by atoms with van der Waals surface area (Å²) in [5, 5.41) is 9.02. The molecule has 1 aliphatic carbocycles. The molecule has 0 radical (unpaired) electrons. The van der Waals surface area contributed by atoms with Gasteiger partial charge in [-0.3, -0.25) is 4.79 Å². The van der Waals surface area contributed by atoms with Gasteiger partial charge in [0.15, 0.2) is 0 Å². The van der Waals surface area contributed by atoms with E-state index in [1.807, 2.05) is 13.8 Å². The zero-order valence-electron chi connectivity index (χ0n) is 9.03. The van der Waals surface area contributed by atoms with Gasteiger partial charge in [-0.05, 0) is 32.6 Å². The third-order valence-corrected chi connectivity index (χ3v) is 2.87. The van der Waals surface area contributed by atoms with Gasteiger partial charge in [0, 0.05) is 0 Å². The van der Waals surface area contributed by atoms with Crippen molar-refractivity contribution in [3.8, 4) is 0 Å². The Balaban J connectivity index is 2.42. The van der Waals surface area contributed by atoms with Gasteiger partial charge < -0.3 is 9.84 Å². The highest BCUT2D eigenvalue weighted by atomic mass is 16.5. The van der Waals surface area contributed by atoms with Crippen LogP contribution in [-0.2, 0) is 9.53 Å². The number of hydrogen-bond donors (Lipinski definition) is 1. The van der Waals surface area contributed by atoms with Gasteiger partial charge in [0.25, 0.3) is 0 Å². The van der Waals surface area contributed by atoms with Crippen molar-refractivity contribution < 1.29 is 14.6 Å². The van der Waals surface area contributed by atoms with Crippen LogP contribution in [0.25, 0.3) is 0 Å². The molecule has 0 saturated heterocycles. The van der Waals surface area contributed by atoms with E-state index in [2.05, 4.69) is 0 Å². The standard InChI is InChI=1S/C11H20O3/c1-8(2)14-7-9-5-3-4-6-10(9)11(12)13/h8-10H,3-7H2,1-2H3,(H,12,13). The largest absolute Gasteiger partial charge is 0.481 e. The van der Waals surface area contributed by atoms with Crippen LogP contribution in [0.5, 0.6) is 0 Å². The summed E-state index contributed by atoms with van der Waals surface area (Å²) >= 11 is 0. The van der Waals surface area contributed by atoms with Gasteiger partial charge in [-0.25, -0.2) is 0 Å². The first kappa shape index (κ1) is 11.5. The summed E-state index contributed by atoms with van der Waals surface area (Å²) in [6, 6.07) is 0. The highest BCUT2D eigenvalue weighted by Gasteiger charge is 2.30. The van der Waals surface area contributed by atoms with Crippen LogP contribution in [0.2, 0.25) is 0 Å². The predicted molar refractivity (Wildman–Crippen MR) is 54.2 cm³/mol. The molecule has 2 atom stereocenters.